The van der Waals surface area contributed by atoms with Crippen molar-refractivity contribution < 1.29 is 0 Å². The summed E-state index contributed by atoms with van der Waals surface area (Å²) in [4.78, 5) is 11.4. The topological polar surface area (TPSA) is 29.0 Å². The number of hydrogen-bond donors (Lipinski definition) is 0. The minimum atomic E-state index is 0.849. The van der Waals surface area contributed by atoms with Gasteiger partial charge in [-0.3, -0.25) is 0 Å². The van der Waals surface area contributed by atoms with E-state index in [-0.39, 0.29) is 0 Å². The average Bonchev–Trinajstić information content (AvgIpc) is 2.69. The predicted octanol–water partition coefficient (Wildman–Crippen LogP) is 4.28. The van der Waals surface area contributed by atoms with E-state index < -0.39 is 0 Å². The van der Waals surface area contributed by atoms with Crippen LogP contribution in [0.25, 0.3) is 0 Å². The molecule has 3 rings (SSSR count). The summed E-state index contributed by atoms with van der Waals surface area (Å²) in [5.74, 6) is 1.88. The van der Waals surface area contributed by atoms with Crippen LogP contribution in [-0.2, 0) is 12.8 Å². The predicted molar refractivity (Wildman–Crippen MR) is 85.5 cm³/mol. The Morgan fingerprint density at radius 1 is 1.20 bits per heavy atom. The third kappa shape index (κ3) is 2.70. The zero-order valence-electron chi connectivity index (χ0n) is 11.6. The van der Waals surface area contributed by atoms with Gasteiger partial charge < -0.3 is 4.90 Å². The molecule has 20 heavy (non-hydrogen) atoms. The molecule has 0 atom stereocenters. The van der Waals surface area contributed by atoms with Crippen LogP contribution in [0.3, 0.4) is 0 Å². The molecule has 2 aromatic rings. The fourth-order valence-electron chi connectivity index (χ4n) is 2.68. The number of hydrogen-bond acceptors (Lipinski definition) is 3. The molecule has 0 saturated carbocycles. The van der Waals surface area contributed by atoms with Gasteiger partial charge in [-0.2, -0.15) is 0 Å². The maximum absolute atomic E-state index is 4.70. The van der Waals surface area contributed by atoms with E-state index in [1.54, 1.807) is 0 Å². The molecule has 0 bridgehead atoms. The summed E-state index contributed by atoms with van der Waals surface area (Å²) >= 11 is 3.50. The molecule has 3 nitrogen and oxygen atoms in total. The molecule has 1 aliphatic rings. The van der Waals surface area contributed by atoms with Crippen molar-refractivity contribution in [3.05, 3.63) is 46.3 Å². The molecule has 1 aromatic carbocycles. The van der Waals surface area contributed by atoms with Crippen LogP contribution in [0.4, 0.5) is 11.5 Å². The highest BCUT2D eigenvalue weighted by Crippen LogP contribution is 2.32. The van der Waals surface area contributed by atoms with Crippen LogP contribution in [0, 0.1) is 0 Å². The van der Waals surface area contributed by atoms with E-state index >= 15 is 0 Å². The van der Waals surface area contributed by atoms with Crippen LogP contribution in [0.15, 0.2) is 34.9 Å². The maximum atomic E-state index is 4.70. The van der Waals surface area contributed by atoms with Crippen LogP contribution in [0.2, 0.25) is 0 Å². The minimum absolute atomic E-state index is 0.849. The fraction of sp³-hybridized carbons (Fsp3) is 0.375. The second-order valence-corrected chi connectivity index (χ2v) is 5.87. The average molecular weight is 332 g/mol. The number of rotatable bonds is 2. The lowest BCUT2D eigenvalue weighted by molar-refractivity contribution is 0.754. The Balaban J connectivity index is 2.07. The Labute approximate surface area is 128 Å². The number of aryl methyl sites for hydroxylation is 2. The number of benzene rings is 1. The quantitative estimate of drug-likeness (QED) is 0.769. The standard InChI is InChI=1S/C16H18BrN3/c1-2-15-18-14(17)11-16(19-15)20-10-6-5-8-12-7-3-4-9-13(12)20/h3-4,7,9,11H,2,5-6,8,10H2,1H3. The van der Waals surface area contributed by atoms with Gasteiger partial charge in [0.05, 0.1) is 0 Å². The van der Waals surface area contributed by atoms with Crippen molar-refractivity contribution in [3.63, 3.8) is 0 Å². The third-order valence-corrected chi connectivity index (χ3v) is 4.09. The minimum Gasteiger partial charge on any atom is -0.326 e. The van der Waals surface area contributed by atoms with E-state index in [2.05, 4.69) is 57.0 Å². The van der Waals surface area contributed by atoms with Crippen molar-refractivity contribution in [2.75, 3.05) is 11.4 Å². The summed E-state index contributed by atoms with van der Waals surface area (Å²) in [6.07, 6.45) is 4.43. The Morgan fingerprint density at radius 2 is 2.05 bits per heavy atom. The van der Waals surface area contributed by atoms with E-state index in [1.807, 2.05) is 6.07 Å². The zero-order valence-corrected chi connectivity index (χ0v) is 13.2. The molecule has 0 unspecified atom stereocenters. The van der Waals surface area contributed by atoms with Crippen LogP contribution in [0.1, 0.15) is 31.2 Å². The molecular formula is C16H18BrN3. The fourth-order valence-corrected chi connectivity index (χ4v) is 3.09. The first-order chi connectivity index (χ1) is 9.78. The van der Waals surface area contributed by atoms with Crippen molar-refractivity contribution in [3.8, 4) is 0 Å². The highest BCUT2D eigenvalue weighted by Gasteiger charge is 2.18. The van der Waals surface area contributed by atoms with Gasteiger partial charge in [-0.1, -0.05) is 25.1 Å². The lowest BCUT2D eigenvalue weighted by Crippen LogP contribution is -2.20. The number of anilines is 2. The molecule has 0 fully saturated rings. The Bertz CT molecular complexity index is 612. The van der Waals surface area contributed by atoms with E-state index in [1.165, 1.54) is 24.1 Å². The summed E-state index contributed by atoms with van der Waals surface area (Å²) in [5, 5.41) is 0. The summed E-state index contributed by atoms with van der Waals surface area (Å²) in [6.45, 7) is 3.10. The highest BCUT2D eigenvalue weighted by molar-refractivity contribution is 9.10. The van der Waals surface area contributed by atoms with Crippen molar-refractivity contribution in [2.24, 2.45) is 0 Å². The molecule has 1 aromatic heterocycles. The molecule has 104 valence electrons. The molecule has 0 N–H and O–H groups in total. The van der Waals surface area contributed by atoms with Gasteiger partial charge in [0.1, 0.15) is 16.2 Å². The summed E-state index contributed by atoms with van der Waals surface area (Å²) in [7, 11) is 0. The van der Waals surface area contributed by atoms with Crippen LogP contribution >= 0.6 is 15.9 Å². The van der Waals surface area contributed by atoms with Gasteiger partial charge in [-0.15, -0.1) is 0 Å². The first-order valence-electron chi connectivity index (χ1n) is 7.17. The van der Waals surface area contributed by atoms with Crippen LogP contribution in [0.5, 0.6) is 0 Å². The SMILES string of the molecule is CCc1nc(Br)cc(N2CCCCc3ccccc32)n1. The molecular weight excluding hydrogens is 314 g/mol. The first-order valence-corrected chi connectivity index (χ1v) is 7.96. The van der Waals surface area contributed by atoms with Crippen LogP contribution < -0.4 is 4.90 Å². The summed E-state index contributed by atoms with van der Waals surface area (Å²) in [6, 6.07) is 10.7. The molecule has 0 amide bonds. The van der Waals surface area contributed by atoms with Gasteiger partial charge >= 0.3 is 0 Å². The maximum Gasteiger partial charge on any atom is 0.137 e. The monoisotopic (exact) mass is 331 g/mol. The lowest BCUT2D eigenvalue weighted by Gasteiger charge is -2.24. The van der Waals surface area contributed by atoms with Gasteiger partial charge in [0.25, 0.3) is 0 Å². The molecule has 4 heteroatoms. The van der Waals surface area contributed by atoms with E-state index in [0.29, 0.717) is 0 Å². The van der Waals surface area contributed by atoms with Crippen molar-refractivity contribution in [1.29, 1.82) is 0 Å². The molecule has 2 heterocycles. The smallest absolute Gasteiger partial charge is 0.137 e. The number of fused-ring (bicyclic) bond motifs is 1. The van der Waals surface area contributed by atoms with Gasteiger partial charge in [0.15, 0.2) is 0 Å². The van der Waals surface area contributed by atoms with Gasteiger partial charge in [0, 0.05) is 24.7 Å². The normalized spacial score (nSPS) is 14.8. The largest absolute Gasteiger partial charge is 0.326 e. The summed E-state index contributed by atoms with van der Waals surface area (Å²) in [5.41, 5.74) is 2.70. The third-order valence-electron chi connectivity index (χ3n) is 3.68. The Morgan fingerprint density at radius 3 is 2.90 bits per heavy atom. The van der Waals surface area contributed by atoms with Crippen molar-refractivity contribution in [2.45, 2.75) is 32.6 Å². The molecule has 0 saturated heterocycles. The van der Waals surface area contributed by atoms with Crippen molar-refractivity contribution in [1.82, 2.24) is 9.97 Å². The molecule has 1 aliphatic heterocycles. The molecule has 0 radical (unpaired) electrons. The molecule has 0 aliphatic carbocycles. The first kappa shape index (κ1) is 13.6. The Hall–Kier alpha value is -1.42. The Kier molecular flexibility index (Phi) is 4.01. The van der Waals surface area contributed by atoms with Gasteiger partial charge in [-0.25, -0.2) is 9.97 Å². The van der Waals surface area contributed by atoms with E-state index in [4.69, 9.17) is 4.98 Å². The van der Waals surface area contributed by atoms with Crippen LogP contribution in [-0.4, -0.2) is 16.5 Å². The van der Waals surface area contributed by atoms with Crippen molar-refractivity contribution >= 4 is 27.4 Å². The number of aromatic nitrogens is 2. The second-order valence-electron chi connectivity index (χ2n) is 5.06. The lowest BCUT2D eigenvalue weighted by atomic mass is 10.1. The van der Waals surface area contributed by atoms with Gasteiger partial charge in [0.2, 0.25) is 0 Å². The number of para-hydroxylation sites is 1. The number of halogens is 1. The molecule has 0 spiro atoms. The number of nitrogens with zero attached hydrogens (tertiary/aromatic N) is 3. The summed E-state index contributed by atoms with van der Waals surface area (Å²) < 4.78 is 0.862. The highest BCUT2D eigenvalue weighted by atomic mass is 79.9. The van der Waals surface area contributed by atoms with Gasteiger partial charge in [-0.05, 0) is 46.8 Å². The van der Waals surface area contributed by atoms with E-state index in [9.17, 15) is 0 Å². The zero-order chi connectivity index (χ0) is 13.9. The van der Waals surface area contributed by atoms with E-state index in [0.717, 1.165) is 35.6 Å². The second kappa shape index (κ2) is 5.92.